The third-order valence-corrected chi connectivity index (χ3v) is 4.89. The van der Waals surface area contributed by atoms with Gasteiger partial charge in [0.25, 0.3) is 0 Å². The molecule has 2 aromatic heterocycles. The molecule has 2 heterocycles. The molecule has 19 heavy (non-hydrogen) atoms. The van der Waals surface area contributed by atoms with Gasteiger partial charge in [0.15, 0.2) is 0 Å². The average molecular weight is 341 g/mol. The summed E-state index contributed by atoms with van der Waals surface area (Å²) in [6.45, 7) is 0.686. The van der Waals surface area contributed by atoms with E-state index in [4.69, 9.17) is 0 Å². The van der Waals surface area contributed by atoms with Crippen LogP contribution in [0.25, 0.3) is 0 Å². The molecule has 5 nitrogen and oxygen atoms in total. The Labute approximate surface area is 123 Å². The number of nitrogens with one attached hydrogen (secondary N) is 2. The van der Waals surface area contributed by atoms with Gasteiger partial charge in [0.1, 0.15) is 12.2 Å². The van der Waals surface area contributed by atoms with Gasteiger partial charge < -0.3 is 5.32 Å². The second-order valence-electron chi connectivity index (χ2n) is 4.57. The number of H-pyrrole nitrogens is 1. The Balaban J connectivity index is 1.43. The monoisotopic (exact) mass is 340 g/mol. The van der Waals surface area contributed by atoms with Crippen LogP contribution in [0.3, 0.4) is 0 Å². The van der Waals surface area contributed by atoms with E-state index in [0.29, 0.717) is 6.54 Å². The predicted octanol–water partition coefficient (Wildman–Crippen LogP) is 2.09. The second-order valence-corrected chi connectivity index (χ2v) is 7.11. The summed E-state index contributed by atoms with van der Waals surface area (Å²) >= 11 is 5.14. The molecule has 0 aromatic carbocycles. The Morgan fingerprint density at radius 2 is 2.47 bits per heavy atom. The van der Waals surface area contributed by atoms with Crippen molar-refractivity contribution in [3.8, 4) is 0 Å². The lowest BCUT2D eigenvalue weighted by Crippen LogP contribution is -2.27. The van der Waals surface area contributed by atoms with Gasteiger partial charge in [-0.3, -0.25) is 9.89 Å². The lowest BCUT2D eigenvalue weighted by molar-refractivity contribution is -0.122. The standard InChI is InChI=1S/C12H13BrN4OS/c13-10-2-1-7(19-10)3-4-14-12(18)9-5-8(9)11-15-6-16-17-11/h1-2,6,8-9H,3-5H2,(H,14,18)(H,15,16,17)/t8-,9+/m0/s1. The van der Waals surface area contributed by atoms with E-state index in [0.717, 1.165) is 22.5 Å². The van der Waals surface area contributed by atoms with Crippen molar-refractivity contribution in [3.63, 3.8) is 0 Å². The first kappa shape index (κ1) is 12.8. The zero-order valence-electron chi connectivity index (χ0n) is 10.1. The first-order valence-electron chi connectivity index (χ1n) is 6.11. The number of aromatic nitrogens is 3. The topological polar surface area (TPSA) is 70.7 Å². The van der Waals surface area contributed by atoms with Crippen LogP contribution in [0.4, 0.5) is 0 Å². The average Bonchev–Trinajstić information content (AvgIpc) is 2.82. The summed E-state index contributed by atoms with van der Waals surface area (Å²) < 4.78 is 1.13. The molecule has 2 atom stereocenters. The normalized spacial score (nSPS) is 21.3. The van der Waals surface area contributed by atoms with Crippen LogP contribution in [0.1, 0.15) is 23.0 Å². The Bertz CT molecular complexity index is 568. The van der Waals surface area contributed by atoms with E-state index in [-0.39, 0.29) is 17.7 Å². The van der Waals surface area contributed by atoms with Gasteiger partial charge in [-0.15, -0.1) is 11.3 Å². The molecular weight excluding hydrogens is 328 g/mol. The van der Waals surface area contributed by atoms with E-state index < -0.39 is 0 Å². The van der Waals surface area contributed by atoms with Crippen LogP contribution in [-0.2, 0) is 11.2 Å². The van der Waals surface area contributed by atoms with Gasteiger partial charge >= 0.3 is 0 Å². The van der Waals surface area contributed by atoms with Gasteiger partial charge in [-0.1, -0.05) is 0 Å². The SMILES string of the molecule is O=C(NCCc1ccc(Br)s1)[C@@H]1C[C@@H]1c1ncn[nH]1. The molecule has 0 spiro atoms. The van der Waals surface area contributed by atoms with Gasteiger partial charge in [0.05, 0.1) is 3.79 Å². The lowest BCUT2D eigenvalue weighted by atomic mass is 10.2. The van der Waals surface area contributed by atoms with E-state index in [1.54, 1.807) is 11.3 Å². The van der Waals surface area contributed by atoms with Crippen molar-refractivity contribution < 1.29 is 4.79 Å². The van der Waals surface area contributed by atoms with Crippen molar-refractivity contribution in [1.82, 2.24) is 20.5 Å². The fourth-order valence-corrected chi connectivity index (χ4v) is 3.59. The zero-order chi connectivity index (χ0) is 13.2. The number of aromatic amines is 1. The predicted molar refractivity (Wildman–Crippen MR) is 76.0 cm³/mol. The maximum Gasteiger partial charge on any atom is 0.223 e. The Kier molecular flexibility index (Phi) is 3.65. The quantitative estimate of drug-likeness (QED) is 0.875. The molecule has 0 unspecified atom stereocenters. The Hall–Kier alpha value is -1.21. The van der Waals surface area contributed by atoms with E-state index >= 15 is 0 Å². The molecule has 1 aliphatic rings. The first-order valence-corrected chi connectivity index (χ1v) is 7.72. The van der Waals surface area contributed by atoms with Gasteiger partial charge in [-0.05, 0) is 40.9 Å². The molecule has 1 amide bonds. The van der Waals surface area contributed by atoms with Gasteiger partial charge in [0, 0.05) is 23.3 Å². The highest BCUT2D eigenvalue weighted by atomic mass is 79.9. The van der Waals surface area contributed by atoms with Crippen LogP contribution in [0, 0.1) is 5.92 Å². The van der Waals surface area contributed by atoms with Crippen LogP contribution >= 0.6 is 27.3 Å². The molecule has 2 aromatic rings. The van der Waals surface area contributed by atoms with Gasteiger partial charge in [0.2, 0.25) is 5.91 Å². The lowest BCUT2D eigenvalue weighted by Gasteiger charge is -2.03. The molecule has 0 bridgehead atoms. The number of thiophene rings is 1. The van der Waals surface area contributed by atoms with Gasteiger partial charge in [-0.2, -0.15) is 5.10 Å². The Morgan fingerprint density at radius 3 is 3.16 bits per heavy atom. The smallest absolute Gasteiger partial charge is 0.223 e. The van der Waals surface area contributed by atoms with E-state index in [1.165, 1.54) is 11.2 Å². The molecule has 0 aliphatic heterocycles. The summed E-state index contributed by atoms with van der Waals surface area (Å²) in [4.78, 5) is 17.3. The third kappa shape index (κ3) is 3.03. The van der Waals surface area contributed by atoms with Gasteiger partial charge in [-0.25, -0.2) is 4.98 Å². The zero-order valence-corrected chi connectivity index (χ0v) is 12.5. The maximum absolute atomic E-state index is 11.9. The number of nitrogens with zero attached hydrogens (tertiary/aromatic N) is 2. The molecule has 0 saturated heterocycles. The van der Waals surface area contributed by atoms with Crippen molar-refractivity contribution in [2.75, 3.05) is 6.54 Å². The van der Waals surface area contributed by atoms with E-state index in [2.05, 4.69) is 42.5 Å². The summed E-state index contributed by atoms with van der Waals surface area (Å²) in [6, 6.07) is 4.11. The van der Waals surface area contributed by atoms with Crippen LogP contribution in [0.15, 0.2) is 22.2 Å². The number of rotatable bonds is 5. The van der Waals surface area contributed by atoms with E-state index in [1.807, 2.05) is 6.07 Å². The summed E-state index contributed by atoms with van der Waals surface area (Å²) in [5.74, 6) is 1.22. The number of hydrogen-bond acceptors (Lipinski definition) is 4. The number of amides is 1. The highest BCUT2D eigenvalue weighted by Gasteiger charge is 2.45. The van der Waals surface area contributed by atoms with Crippen molar-refractivity contribution in [3.05, 3.63) is 32.9 Å². The molecule has 7 heteroatoms. The summed E-state index contributed by atoms with van der Waals surface area (Å²) in [5, 5.41) is 9.62. The summed E-state index contributed by atoms with van der Waals surface area (Å²) in [7, 11) is 0. The number of halogens is 1. The van der Waals surface area contributed by atoms with E-state index in [9.17, 15) is 4.79 Å². The minimum atomic E-state index is 0.0584. The number of carbonyl (C=O) groups is 1. The second kappa shape index (κ2) is 5.42. The van der Waals surface area contributed by atoms with Crippen LogP contribution in [0.2, 0.25) is 0 Å². The molecular formula is C12H13BrN4OS. The maximum atomic E-state index is 11.9. The fourth-order valence-electron chi connectivity index (χ4n) is 2.11. The fraction of sp³-hybridized carbons (Fsp3) is 0.417. The Morgan fingerprint density at radius 1 is 1.58 bits per heavy atom. The molecule has 1 aliphatic carbocycles. The number of hydrogen-bond donors (Lipinski definition) is 2. The molecule has 1 fully saturated rings. The highest BCUT2D eigenvalue weighted by Crippen LogP contribution is 2.45. The summed E-state index contributed by atoms with van der Waals surface area (Å²) in [5.41, 5.74) is 0. The van der Waals surface area contributed by atoms with Crippen LogP contribution < -0.4 is 5.32 Å². The molecule has 0 radical (unpaired) electrons. The first-order chi connectivity index (χ1) is 9.24. The highest BCUT2D eigenvalue weighted by molar-refractivity contribution is 9.11. The largest absolute Gasteiger partial charge is 0.355 e. The van der Waals surface area contributed by atoms with Crippen LogP contribution in [-0.4, -0.2) is 27.6 Å². The minimum absolute atomic E-state index is 0.0584. The van der Waals surface area contributed by atoms with Crippen LogP contribution in [0.5, 0.6) is 0 Å². The van der Waals surface area contributed by atoms with Crippen molar-refractivity contribution in [2.45, 2.75) is 18.8 Å². The number of carbonyl (C=O) groups excluding carboxylic acids is 1. The minimum Gasteiger partial charge on any atom is -0.355 e. The molecule has 1 saturated carbocycles. The molecule has 100 valence electrons. The van der Waals surface area contributed by atoms with Crippen molar-refractivity contribution >= 4 is 33.2 Å². The molecule has 2 N–H and O–H groups in total. The summed E-state index contributed by atoms with van der Waals surface area (Å²) in [6.07, 6.45) is 3.23. The third-order valence-electron chi connectivity index (χ3n) is 3.21. The molecule has 3 rings (SSSR count). The van der Waals surface area contributed by atoms with Crippen molar-refractivity contribution in [2.24, 2.45) is 5.92 Å². The van der Waals surface area contributed by atoms with Crippen molar-refractivity contribution in [1.29, 1.82) is 0 Å².